The van der Waals surface area contributed by atoms with E-state index >= 15 is 0 Å². The minimum atomic E-state index is -0.277. The lowest BCUT2D eigenvalue weighted by atomic mass is 9.80. The van der Waals surface area contributed by atoms with Gasteiger partial charge in [-0.25, -0.2) is 4.39 Å². The van der Waals surface area contributed by atoms with Gasteiger partial charge in [0, 0.05) is 17.1 Å². The molecule has 106 valence electrons. The third kappa shape index (κ3) is 3.93. The number of hydrogen-bond acceptors (Lipinski definition) is 1. The van der Waals surface area contributed by atoms with Crippen LogP contribution in [-0.2, 0) is 0 Å². The van der Waals surface area contributed by atoms with Crippen LogP contribution >= 0.6 is 11.6 Å². The Morgan fingerprint density at radius 2 is 1.84 bits per heavy atom. The summed E-state index contributed by atoms with van der Waals surface area (Å²) in [5.74, 6) is 1.27. The van der Waals surface area contributed by atoms with Crippen molar-refractivity contribution in [1.29, 1.82) is 0 Å². The Bertz CT molecular complexity index is 425. The third-order valence-corrected chi connectivity index (χ3v) is 4.42. The molecule has 1 nitrogen and oxygen atoms in total. The van der Waals surface area contributed by atoms with Crippen molar-refractivity contribution in [2.24, 2.45) is 11.8 Å². The van der Waals surface area contributed by atoms with Crippen molar-refractivity contribution in [3.63, 3.8) is 0 Å². The van der Waals surface area contributed by atoms with Crippen molar-refractivity contribution in [2.75, 3.05) is 0 Å². The number of halogens is 2. The highest BCUT2D eigenvalue weighted by Crippen LogP contribution is 2.31. The normalized spacial score (nSPS) is 29.2. The Kier molecular flexibility index (Phi) is 4.86. The molecule has 1 N–H and O–H groups in total. The van der Waals surface area contributed by atoms with E-state index in [1.54, 1.807) is 6.07 Å². The van der Waals surface area contributed by atoms with Crippen LogP contribution in [0.3, 0.4) is 0 Å². The van der Waals surface area contributed by atoms with Gasteiger partial charge in [-0.3, -0.25) is 0 Å². The molecule has 2 rings (SSSR count). The molecule has 0 heterocycles. The average molecular weight is 284 g/mol. The van der Waals surface area contributed by atoms with Crippen molar-refractivity contribution in [3.8, 4) is 0 Å². The summed E-state index contributed by atoms with van der Waals surface area (Å²) in [6.45, 7) is 6.74. The first kappa shape index (κ1) is 14.8. The van der Waals surface area contributed by atoms with Crippen LogP contribution in [0, 0.1) is 17.7 Å². The van der Waals surface area contributed by atoms with Gasteiger partial charge in [0.25, 0.3) is 0 Å². The van der Waals surface area contributed by atoms with E-state index in [1.165, 1.54) is 31.4 Å². The van der Waals surface area contributed by atoms with Crippen LogP contribution in [0.2, 0.25) is 5.02 Å². The van der Waals surface area contributed by atoms with Crippen molar-refractivity contribution < 1.29 is 4.39 Å². The summed E-state index contributed by atoms with van der Waals surface area (Å²) < 4.78 is 13.1. The molecule has 1 aliphatic carbocycles. The van der Waals surface area contributed by atoms with Gasteiger partial charge in [0.1, 0.15) is 5.82 Å². The first-order chi connectivity index (χ1) is 8.95. The third-order valence-electron chi connectivity index (χ3n) is 4.09. The number of benzene rings is 1. The summed E-state index contributed by atoms with van der Waals surface area (Å²) in [5, 5.41) is 4.16. The highest BCUT2D eigenvalue weighted by molar-refractivity contribution is 6.31. The van der Waals surface area contributed by atoms with Crippen LogP contribution in [0.25, 0.3) is 0 Å². The van der Waals surface area contributed by atoms with Gasteiger partial charge in [-0.1, -0.05) is 31.5 Å². The van der Waals surface area contributed by atoms with E-state index in [1.807, 2.05) is 0 Å². The van der Waals surface area contributed by atoms with Gasteiger partial charge in [0.15, 0.2) is 0 Å². The van der Waals surface area contributed by atoms with E-state index in [4.69, 9.17) is 11.6 Å². The SMILES string of the molecule is CC1CC(C)CC(NC(C)c2ccc(F)cc2Cl)C1. The van der Waals surface area contributed by atoms with Crippen LogP contribution in [0.5, 0.6) is 0 Å². The Hall–Kier alpha value is -0.600. The molecule has 3 heteroatoms. The molecule has 1 fully saturated rings. The summed E-state index contributed by atoms with van der Waals surface area (Å²) in [5.41, 5.74) is 0.981. The van der Waals surface area contributed by atoms with E-state index in [0.29, 0.717) is 11.1 Å². The molecule has 0 amide bonds. The average Bonchev–Trinajstić information content (AvgIpc) is 2.26. The largest absolute Gasteiger partial charge is 0.307 e. The highest BCUT2D eigenvalue weighted by atomic mass is 35.5. The number of hydrogen-bond donors (Lipinski definition) is 1. The molecule has 1 aromatic rings. The van der Waals surface area contributed by atoms with E-state index < -0.39 is 0 Å². The summed E-state index contributed by atoms with van der Waals surface area (Å²) in [6, 6.07) is 5.35. The predicted molar refractivity (Wildman–Crippen MR) is 78.9 cm³/mol. The minimum Gasteiger partial charge on any atom is -0.307 e. The molecular weight excluding hydrogens is 261 g/mol. The van der Waals surface area contributed by atoms with E-state index in [-0.39, 0.29) is 11.9 Å². The van der Waals surface area contributed by atoms with Gasteiger partial charge >= 0.3 is 0 Å². The van der Waals surface area contributed by atoms with Crippen molar-refractivity contribution in [2.45, 2.75) is 52.1 Å². The second-order valence-corrected chi connectivity index (χ2v) is 6.58. The molecule has 0 spiro atoms. The number of rotatable bonds is 3. The molecule has 3 atom stereocenters. The fourth-order valence-corrected chi connectivity index (χ4v) is 3.71. The zero-order valence-electron chi connectivity index (χ0n) is 11.9. The van der Waals surface area contributed by atoms with Crippen LogP contribution in [-0.4, -0.2) is 6.04 Å². The standard InChI is InChI=1S/C16H23ClFN/c1-10-6-11(2)8-14(7-10)19-12(3)15-5-4-13(18)9-16(15)17/h4-5,9-12,14,19H,6-8H2,1-3H3. The quantitative estimate of drug-likeness (QED) is 0.827. The van der Waals surface area contributed by atoms with Crippen LogP contribution in [0.4, 0.5) is 4.39 Å². The van der Waals surface area contributed by atoms with Gasteiger partial charge in [-0.15, -0.1) is 0 Å². The molecule has 0 saturated heterocycles. The van der Waals surface area contributed by atoms with Gasteiger partial charge in [-0.2, -0.15) is 0 Å². The molecule has 0 aliphatic heterocycles. The van der Waals surface area contributed by atoms with Crippen molar-refractivity contribution in [1.82, 2.24) is 5.32 Å². The lowest BCUT2D eigenvalue weighted by molar-refractivity contribution is 0.228. The molecule has 1 aromatic carbocycles. The maximum atomic E-state index is 13.1. The zero-order valence-corrected chi connectivity index (χ0v) is 12.7. The Morgan fingerprint density at radius 1 is 1.21 bits per heavy atom. The highest BCUT2D eigenvalue weighted by Gasteiger charge is 2.25. The molecule has 1 aliphatic rings. The summed E-state index contributed by atoms with van der Waals surface area (Å²) in [4.78, 5) is 0. The minimum absolute atomic E-state index is 0.163. The Balaban J connectivity index is 2.02. The fraction of sp³-hybridized carbons (Fsp3) is 0.625. The van der Waals surface area contributed by atoms with Gasteiger partial charge in [-0.05, 0) is 55.7 Å². The van der Waals surface area contributed by atoms with Gasteiger partial charge in [0.05, 0.1) is 0 Å². The Morgan fingerprint density at radius 3 is 2.42 bits per heavy atom. The molecule has 0 aromatic heterocycles. The molecule has 1 saturated carbocycles. The molecule has 19 heavy (non-hydrogen) atoms. The zero-order chi connectivity index (χ0) is 14.0. The predicted octanol–water partition coefficient (Wildman–Crippen LogP) is 4.95. The summed E-state index contributed by atoms with van der Waals surface area (Å²) >= 11 is 6.12. The molecular formula is C16H23ClFN. The first-order valence-corrected chi connectivity index (χ1v) is 7.54. The van der Waals surface area contributed by atoms with E-state index in [0.717, 1.165) is 17.4 Å². The smallest absolute Gasteiger partial charge is 0.124 e. The maximum Gasteiger partial charge on any atom is 0.124 e. The van der Waals surface area contributed by atoms with E-state index in [9.17, 15) is 4.39 Å². The van der Waals surface area contributed by atoms with E-state index in [2.05, 4.69) is 26.1 Å². The number of nitrogens with one attached hydrogen (secondary N) is 1. The first-order valence-electron chi connectivity index (χ1n) is 7.16. The molecule has 0 bridgehead atoms. The van der Waals surface area contributed by atoms with Crippen LogP contribution in [0.15, 0.2) is 18.2 Å². The maximum absolute atomic E-state index is 13.1. The molecule has 3 unspecified atom stereocenters. The molecule has 0 radical (unpaired) electrons. The summed E-state index contributed by atoms with van der Waals surface area (Å²) in [7, 11) is 0. The van der Waals surface area contributed by atoms with Gasteiger partial charge < -0.3 is 5.32 Å². The second kappa shape index (κ2) is 6.23. The lowest BCUT2D eigenvalue weighted by Gasteiger charge is -2.34. The summed E-state index contributed by atoms with van der Waals surface area (Å²) in [6.07, 6.45) is 3.75. The lowest BCUT2D eigenvalue weighted by Crippen LogP contribution is -2.37. The van der Waals surface area contributed by atoms with Crippen molar-refractivity contribution >= 4 is 11.6 Å². The van der Waals surface area contributed by atoms with Crippen LogP contribution in [0.1, 0.15) is 51.6 Å². The Labute approximate surface area is 120 Å². The monoisotopic (exact) mass is 283 g/mol. The van der Waals surface area contributed by atoms with Crippen LogP contribution < -0.4 is 5.32 Å². The van der Waals surface area contributed by atoms with Gasteiger partial charge in [0.2, 0.25) is 0 Å². The second-order valence-electron chi connectivity index (χ2n) is 6.17. The fourth-order valence-electron chi connectivity index (χ4n) is 3.38. The van der Waals surface area contributed by atoms with Crippen molar-refractivity contribution in [3.05, 3.63) is 34.6 Å². The topological polar surface area (TPSA) is 12.0 Å².